The Morgan fingerprint density at radius 3 is 2.45 bits per heavy atom. The Kier molecular flexibility index (Phi) is 5.59. The van der Waals surface area contributed by atoms with Gasteiger partial charge in [-0.1, -0.05) is 12.1 Å². The highest BCUT2D eigenvalue weighted by Crippen LogP contribution is 2.26. The average Bonchev–Trinajstić information content (AvgIpc) is 2.55. The average molecular weight is 302 g/mol. The third-order valence-electron chi connectivity index (χ3n) is 2.74. The quantitative estimate of drug-likeness (QED) is 0.851. The summed E-state index contributed by atoms with van der Waals surface area (Å²) in [5.74, 6) is 1.36. The first-order valence-corrected chi connectivity index (χ1v) is 6.87. The van der Waals surface area contributed by atoms with Crippen LogP contribution in [0.25, 0.3) is 0 Å². The molecular weight excluding hydrogens is 284 g/mol. The summed E-state index contributed by atoms with van der Waals surface area (Å²) in [5, 5.41) is 2.69. The van der Waals surface area contributed by atoms with E-state index < -0.39 is 0 Å². The summed E-state index contributed by atoms with van der Waals surface area (Å²) in [7, 11) is 1.53. The van der Waals surface area contributed by atoms with Gasteiger partial charge in [0.1, 0.15) is 0 Å². The Morgan fingerprint density at radius 2 is 1.86 bits per heavy atom. The normalized spacial score (nSPS) is 9.91. The molecule has 0 radical (unpaired) electrons. The van der Waals surface area contributed by atoms with Crippen LogP contribution < -0.4 is 19.5 Å². The third kappa shape index (κ3) is 4.37. The molecule has 0 bridgehead atoms. The Balaban J connectivity index is 1.89. The van der Waals surface area contributed by atoms with Gasteiger partial charge in [0, 0.05) is 6.07 Å². The van der Waals surface area contributed by atoms with Crippen LogP contribution in [0.1, 0.15) is 6.92 Å². The van der Waals surface area contributed by atoms with Crippen molar-refractivity contribution in [3.63, 3.8) is 0 Å². The molecule has 2 aromatic rings. The van der Waals surface area contributed by atoms with E-state index in [1.165, 1.54) is 13.3 Å². The number of amides is 1. The summed E-state index contributed by atoms with van der Waals surface area (Å²) >= 11 is 0. The SMILES string of the molecule is CCOc1ccccc1OCC(=O)Nc1ccc(OC)nc1. The number of carbonyl (C=O) groups excluding carboxylic acids is 1. The van der Waals surface area contributed by atoms with Crippen LogP contribution in [-0.2, 0) is 4.79 Å². The number of nitrogens with zero attached hydrogens (tertiary/aromatic N) is 1. The fraction of sp³-hybridized carbons (Fsp3) is 0.250. The molecule has 0 spiro atoms. The lowest BCUT2D eigenvalue weighted by Gasteiger charge is -2.11. The van der Waals surface area contributed by atoms with Crippen LogP contribution in [0, 0.1) is 0 Å². The fourth-order valence-electron chi connectivity index (χ4n) is 1.76. The van der Waals surface area contributed by atoms with Gasteiger partial charge in [-0.3, -0.25) is 4.79 Å². The predicted molar refractivity (Wildman–Crippen MR) is 82.5 cm³/mol. The number of carbonyl (C=O) groups is 1. The zero-order valence-electron chi connectivity index (χ0n) is 12.5. The minimum atomic E-state index is -0.279. The van der Waals surface area contributed by atoms with Crippen molar-refractivity contribution < 1.29 is 19.0 Å². The molecule has 2 rings (SSSR count). The van der Waals surface area contributed by atoms with Crippen LogP contribution >= 0.6 is 0 Å². The summed E-state index contributed by atoms with van der Waals surface area (Å²) in [5.41, 5.74) is 0.576. The van der Waals surface area contributed by atoms with Gasteiger partial charge >= 0.3 is 0 Å². The van der Waals surface area contributed by atoms with Crippen molar-refractivity contribution in [2.45, 2.75) is 6.92 Å². The van der Waals surface area contributed by atoms with E-state index in [1.807, 2.05) is 19.1 Å². The van der Waals surface area contributed by atoms with E-state index >= 15 is 0 Å². The number of aromatic nitrogens is 1. The first kappa shape index (κ1) is 15.6. The molecule has 1 aromatic heterocycles. The van der Waals surface area contributed by atoms with E-state index in [0.29, 0.717) is 29.7 Å². The van der Waals surface area contributed by atoms with Gasteiger partial charge < -0.3 is 19.5 Å². The molecule has 0 fully saturated rings. The number of hydrogen-bond donors (Lipinski definition) is 1. The van der Waals surface area contributed by atoms with E-state index in [0.717, 1.165) is 0 Å². The standard InChI is InChI=1S/C16H18N2O4/c1-3-21-13-6-4-5-7-14(13)22-11-15(19)18-12-8-9-16(20-2)17-10-12/h4-10H,3,11H2,1-2H3,(H,18,19). The molecule has 116 valence electrons. The summed E-state index contributed by atoms with van der Waals surface area (Å²) in [4.78, 5) is 15.9. The van der Waals surface area contributed by atoms with Crippen LogP contribution in [0.4, 0.5) is 5.69 Å². The number of anilines is 1. The molecule has 0 unspecified atom stereocenters. The molecule has 22 heavy (non-hydrogen) atoms. The van der Waals surface area contributed by atoms with Crippen molar-refractivity contribution in [1.82, 2.24) is 4.98 Å². The predicted octanol–water partition coefficient (Wildman–Crippen LogP) is 2.51. The molecule has 0 aliphatic rings. The molecule has 0 atom stereocenters. The molecule has 6 nitrogen and oxygen atoms in total. The van der Waals surface area contributed by atoms with Gasteiger partial charge in [0.05, 0.1) is 25.6 Å². The van der Waals surface area contributed by atoms with Crippen LogP contribution in [0.15, 0.2) is 42.6 Å². The van der Waals surface area contributed by atoms with Gasteiger partial charge in [0.15, 0.2) is 18.1 Å². The second kappa shape index (κ2) is 7.87. The zero-order valence-corrected chi connectivity index (χ0v) is 12.5. The van der Waals surface area contributed by atoms with Crippen LogP contribution in [0.2, 0.25) is 0 Å². The van der Waals surface area contributed by atoms with Crippen LogP contribution in [-0.4, -0.2) is 31.2 Å². The van der Waals surface area contributed by atoms with Crippen molar-refractivity contribution in [3.05, 3.63) is 42.6 Å². The maximum Gasteiger partial charge on any atom is 0.262 e. The summed E-state index contributed by atoms with van der Waals surface area (Å²) in [6, 6.07) is 10.6. The Hall–Kier alpha value is -2.76. The third-order valence-corrected chi connectivity index (χ3v) is 2.74. The molecule has 1 aromatic carbocycles. The van der Waals surface area contributed by atoms with Crippen molar-refractivity contribution in [2.24, 2.45) is 0 Å². The maximum atomic E-state index is 11.9. The highest BCUT2D eigenvalue weighted by molar-refractivity contribution is 5.91. The fourth-order valence-corrected chi connectivity index (χ4v) is 1.76. The molecule has 6 heteroatoms. The molecular formula is C16H18N2O4. The van der Waals surface area contributed by atoms with E-state index in [-0.39, 0.29) is 12.5 Å². The smallest absolute Gasteiger partial charge is 0.262 e. The molecule has 0 aliphatic heterocycles. The molecule has 1 N–H and O–H groups in total. The molecule has 0 saturated carbocycles. The van der Waals surface area contributed by atoms with E-state index in [2.05, 4.69) is 10.3 Å². The Bertz CT molecular complexity index is 614. The first-order chi connectivity index (χ1) is 10.7. The number of hydrogen-bond acceptors (Lipinski definition) is 5. The monoisotopic (exact) mass is 302 g/mol. The van der Waals surface area contributed by atoms with Gasteiger partial charge in [-0.15, -0.1) is 0 Å². The van der Waals surface area contributed by atoms with Gasteiger partial charge in [0.2, 0.25) is 5.88 Å². The summed E-state index contributed by atoms with van der Waals surface area (Å²) in [6.07, 6.45) is 1.52. The van der Waals surface area contributed by atoms with Crippen molar-refractivity contribution in [2.75, 3.05) is 25.6 Å². The highest BCUT2D eigenvalue weighted by Gasteiger charge is 2.08. The van der Waals surface area contributed by atoms with Gasteiger partial charge in [0.25, 0.3) is 5.91 Å². The number of nitrogens with one attached hydrogen (secondary N) is 1. The minimum absolute atomic E-state index is 0.115. The number of rotatable bonds is 7. The van der Waals surface area contributed by atoms with Crippen LogP contribution in [0.5, 0.6) is 17.4 Å². The Morgan fingerprint density at radius 1 is 1.14 bits per heavy atom. The lowest BCUT2D eigenvalue weighted by atomic mass is 10.3. The topological polar surface area (TPSA) is 69.7 Å². The Labute approximate surface area is 129 Å². The molecule has 1 heterocycles. The molecule has 0 aliphatic carbocycles. The lowest BCUT2D eigenvalue weighted by molar-refractivity contribution is -0.118. The number of methoxy groups -OCH3 is 1. The summed E-state index contributed by atoms with van der Waals surface area (Å²) in [6.45, 7) is 2.31. The number of ether oxygens (including phenoxy) is 3. The minimum Gasteiger partial charge on any atom is -0.490 e. The number of para-hydroxylation sites is 2. The zero-order chi connectivity index (χ0) is 15.8. The first-order valence-electron chi connectivity index (χ1n) is 6.87. The summed E-state index contributed by atoms with van der Waals surface area (Å²) < 4.78 is 15.9. The van der Waals surface area contributed by atoms with E-state index in [9.17, 15) is 4.79 Å². The van der Waals surface area contributed by atoms with Gasteiger partial charge in [-0.2, -0.15) is 0 Å². The van der Waals surface area contributed by atoms with Crippen molar-refractivity contribution in [3.8, 4) is 17.4 Å². The molecule has 0 saturated heterocycles. The van der Waals surface area contributed by atoms with Crippen molar-refractivity contribution in [1.29, 1.82) is 0 Å². The molecule has 1 amide bonds. The number of pyridine rings is 1. The van der Waals surface area contributed by atoms with Gasteiger partial charge in [-0.05, 0) is 25.1 Å². The van der Waals surface area contributed by atoms with Crippen molar-refractivity contribution >= 4 is 11.6 Å². The van der Waals surface area contributed by atoms with E-state index in [4.69, 9.17) is 14.2 Å². The second-order valence-electron chi connectivity index (χ2n) is 4.31. The maximum absolute atomic E-state index is 11.9. The second-order valence-corrected chi connectivity index (χ2v) is 4.31. The van der Waals surface area contributed by atoms with Crippen LogP contribution in [0.3, 0.4) is 0 Å². The largest absolute Gasteiger partial charge is 0.490 e. The number of benzene rings is 1. The van der Waals surface area contributed by atoms with E-state index in [1.54, 1.807) is 24.3 Å². The van der Waals surface area contributed by atoms with Gasteiger partial charge in [-0.25, -0.2) is 4.98 Å². The highest BCUT2D eigenvalue weighted by atomic mass is 16.5. The lowest BCUT2D eigenvalue weighted by Crippen LogP contribution is -2.20.